The number of rotatable bonds is 9. The molecule has 30 heavy (non-hydrogen) atoms. The summed E-state index contributed by atoms with van der Waals surface area (Å²) in [6.07, 6.45) is 1.17. The molecule has 0 spiro atoms. The van der Waals surface area contributed by atoms with Gasteiger partial charge in [-0.15, -0.1) is 0 Å². The molecule has 1 aromatic rings. The van der Waals surface area contributed by atoms with E-state index in [1.807, 2.05) is 0 Å². The SMILES string of the molecule is CCOC(=O)OC1CCN(CC(c2ccccc2)N2CCN(CCOC)CC2)CC1. The lowest BCUT2D eigenvalue weighted by molar-refractivity contribution is -0.00412. The first-order valence-corrected chi connectivity index (χ1v) is 11.3. The molecule has 0 aromatic heterocycles. The lowest BCUT2D eigenvalue weighted by Gasteiger charge is -2.42. The van der Waals surface area contributed by atoms with Gasteiger partial charge >= 0.3 is 6.16 Å². The third-order valence-corrected chi connectivity index (χ3v) is 6.13. The second-order valence-electron chi connectivity index (χ2n) is 8.10. The van der Waals surface area contributed by atoms with Crippen molar-refractivity contribution < 1.29 is 19.0 Å². The molecule has 2 aliphatic heterocycles. The first-order chi connectivity index (χ1) is 14.7. The minimum atomic E-state index is -0.538. The van der Waals surface area contributed by atoms with Gasteiger partial charge in [0, 0.05) is 65.5 Å². The monoisotopic (exact) mass is 419 g/mol. The minimum absolute atomic E-state index is 0.0280. The van der Waals surface area contributed by atoms with E-state index < -0.39 is 6.16 Å². The van der Waals surface area contributed by atoms with Crippen LogP contribution in [0.2, 0.25) is 0 Å². The Morgan fingerprint density at radius 3 is 2.37 bits per heavy atom. The molecule has 2 fully saturated rings. The molecule has 0 radical (unpaired) electrons. The van der Waals surface area contributed by atoms with E-state index in [9.17, 15) is 4.79 Å². The van der Waals surface area contributed by atoms with Gasteiger partial charge < -0.3 is 19.1 Å². The predicted molar refractivity (Wildman–Crippen MR) is 117 cm³/mol. The summed E-state index contributed by atoms with van der Waals surface area (Å²) in [4.78, 5) is 19.2. The van der Waals surface area contributed by atoms with Crippen LogP contribution in [0.15, 0.2) is 30.3 Å². The lowest BCUT2D eigenvalue weighted by atomic mass is 10.0. The fourth-order valence-corrected chi connectivity index (χ4v) is 4.37. The Bertz CT molecular complexity index is 614. The van der Waals surface area contributed by atoms with Gasteiger partial charge in [0.15, 0.2) is 0 Å². The number of carbonyl (C=O) groups is 1. The zero-order valence-electron chi connectivity index (χ0n) is 18.5. The van der Waals surface area contributed by atoms with Crippen LogP contribution in [-0.2, 0) is 14.2 Å². The quantitative estimate of drug-likeness (QED) is 0.570. The number of piperazine rings is 1. The van der Waals surface area contributed by atoms with Gasteiger partial charge in [0.25, 0.3) is 0 Å². The number of benzene rings is 1. The van der Waals surface area contributed by atoms with Gasteiger partial charge in [-0.25, -0.2) is 4.79 Å². The second kappa shape index (κ2) is 12.2. The van der Waals surface area contributed by atoms with E-state index in [0.29, 0.717) is 12.6 Å². The normalized spacial score (nSPS) is 20.7. The van der Waals surface area contributed by atoms with Crippen molar-refractivity contribution in [2.75, 3.05) is 72.7 Å². The average molecular weight is 420 g/mol. The molecule has 1 atom stereocenters. The van der Waals surface area contributed by atoms with Gasteiger partial charge in [-0.3, -0.25) is 9.80 Å². The van der Waals surface area contributed by atoms with E-state index in [1.54, 1.807) is 14.0 Å². The summed E-state index contributed by atoms with van der Waals surface area (Å²) in [7, 11) is 1.77. The second-order valence-corrected chi connectivity index (χ2v) is 8.10. The van der Waals surface area contributed by atoms with Gasteiger partial charge in [-0.05, 0) is 25.3 Å². The molecule has 7 nitrogen and oxygen atoms in total. The molecule has 0 saturated carbocycles. The molecule has 1 aromatic carbocycles. The molecule has 2 heterocycles. The third kappa shape index (κ3) is 6.94. The summed E-state index contributed by atoms with van der Waals surface area (Å²) in [6.45, 7) is 11.2. The Labute approximate surface area is 180 Å². The Kier molecular flexibility index (Phi) is 9.39. The summed E-state index contributed by atoms with van der Waals surface area (Å²) < 4.78 is 15.6. The average Bonchev–Trinajstić information content (AvgIpc) is 2.78. The van der Waals surface area contributed by atoms with Crippen LogP contribution < -0.4 is 0 Å². The summed E-state index contributed by atoms with van der Waals surface area (Å²) in [5, 5.41) is 0. The summed E-state index contributed by atoms with van der Waals surface area (Å²) in [5.41, 5.74) is 1.38. The van der Waals surface area contributed by atoms with Gasteiger partial charge in [-0.1, -0.05) is 30.3 Å². The summed E-state index contributed by atoms with van der Waals surface area (Å²) >= 11 is 0. The number of hydrogen-bond donors (Lipinski definition) is 0. The number of nitrogens with zero attached hydrogens (tertiary/aromatic N) is 3. The molecule has 1 unspecified atom stereocenters. The standard InChI is InChI=1S/C23H37N3O4/c1-3-29-23(27)30-21-9-11-25(12-10-21)19-22(20-7-5-4-6-8-20)26-15-13-24(14-16-26)17-18-28-2/h4-8,21-22H,3,9-19H2,1-2H3. The number of likely N-dealkylation sites (tertiary alicyclic amines) is 1. The molecule has 0 N–H and O–H groups in total. The lowest BCUT2D eigenvalue weighted by Crippen LogP contribution is -2.51. The number of carbonyl (C=O) groups excluding carboxylic acids is 1. The highest BCUT2D eigenvalue weighted by atomic mass is 16.7. The zero-order valence-corrected chi connectivity index (χ0v) is 18.5. The highest BCUT2D eigenvalue weighted by Gasteiger charge is 2.29. The molecule has 0 amide bonds. The van der Waals surface area contributed by atoms with Crippen molar-refractivity contribution in [1.82, 2.24) is 14.7 Å². The summed E-state index contributed by atoms with van der Waals surface area (Å²) in [6, 6.07) is 11.2. The van der Waals surface area contributed by atoms with Crippen LogP contribution in [0, 0.1) is 0 Å². The maximum atomic E-state index is 11.6. The maximum absolute atomic E-state index is 11.6. The van der Waals surface area contributed by atoms with Crippen LogP contribution in [0.4, 0.5) is 4.79 Å². The number of hydrogen-bond acceptors (Lipinski definition) is 7. The molecule has 3 rings (SSSR count). The van der Waals surface area contributed by atoms with E-state index in [4.69, 9.17) is 14.2 Å². The molecule has 2 saturated heterocycles. The van der Waals surface area contributed by atoms with Crippen LogP contribution in [0.25, 0.3) is 0 Å². The Morgan fingerprint density at radius 1 is 1.03 bits per heavy atom. The maximum Gasteiger partial charge on any atom is 0.508 e. The number of piperidine rings is 1. The van der Waals surface area contributed by atoms with Crippen molar-refractivity contribution in [1.29, 1.82) is 0 Å². The molecule has 7 heteroatoms. The van der Waals surface area contributed by atoms with Crippen LogP contribution in [0.1, 0.15) is 31.4 Å². The fourth-order valence-electron chi connectivity index (χ4n) is 4.37. The molecular formula is C23H37N3O4. The minimum Gasteiger partial charge on any atom is -0.435 e. The Morgan fingerprint density at radius 2 is 1.73 bits per heavy atom. The number of methoxy groups -OCH3 is 1. The van der Waals surface area contributed by atoms with Gasteiger partial charge in [0.2, 0.25) is 0 Å². The van der Waals surface area contributed by atoms with E-state index >= 15 is 0 Å². The van der Waals surface area contributed by atoms with Gasteiger partial charge in [-0.2, -0.15) is 0 Å². The Balaban J connectivity index is 1.54. The molecule has 0 aliphatic carbocycles. The van der Waals surface area contributed by atoms with Crippen LogP contribution in [0.5, 0.6) is 0 Å². The Hall–Kier alpha value is -1.67. The van der Waals surface area contributed by atoms with Crippen LogP contribution >= 0.6 is 0 Å². The summed E-state index contributed by atoms with van der Waals surface area (Å²) in [5.74, 6) is 0. The van der Waals surface area contributed by atoms with Crippen molar-refractivity contribution in [3.63, 3.8) is 0 Å². The molecule has 168 valence electrons. The van der Waals surface area contributed by atoms with Crippen molar-refractivity contribution >= 4 is 6.16 Å². The van der Waals surface area contributed by atoms with E-state index in [-0.39, 0.29) is 6.10 Å². The molecule has 0 bridgehead atoms. The topological polar surface area (TPSA) is 54.5 Å². The van der Waals surface area contributed by atoms with Crippen molar-refractivity contribution in [3.8, 4) is 0 Å². The molecular weight excluding hydrogens is 382 g/mol. The van der Waals surface area contributed by atoms with Crippen LogP contribution in [0.3, 0.4) is 0 Å². The van der Waals surface area contributed by atoms with Gasteiger partial charge in [0.05, 0.1) is 13.2 Å². The first kappa shape index (κ1) is 23.0. The largest absolute Gasteiger partial charge is 0.508 e. The van der Waals surface area contributed by atoms with E-state index in [1.165, 1.54) is 5.56 Å². The van der Waals surface area contributed by atoms with E-state index in [2.05, 4.69) is 45.0 Å². The van der Waals surface area contributed by atoms with Gasteiger partial charge in [0.1, 0.15) is 6.10 Å². The smallest absolute Gasteiger partial charge is 0.435 e. The van der Waals surface area contributed by atoms with Crippen molar-refractivity contribution in [2.24, 2.45) is 0 Å². The zero-order chi connectivity index (χ0) is 21.2. The predicted octanol–water partition coefficient (Wildman–Crippen LogP) is 2.63. The number of ether oxygens (including phenoxy) is 3. The highest BCUT2D eigenvalue weighted by molar-refractivity contribution is 5.60. The van der Waals surface area contributed by atoms with Crippen molar-refractivity contribution in [2.45, 2.75) is 31.9 Å². The van der Waals surface area contributed by atoms with Crippen LogP contribution in [-0.4, -0.2) is 99.6 Å². The van der Waals surface area contributed by atoms with E-state index in [0.717, 1.165) is 71.8 Å². The first-order valence-electron chi connectivity index (χ1n) is 11.3. The fraction of sp³-hybridized carbons (Fsp3) is 0.696. The highest BCUT2D eigenvalue weighted by Crippen LogP contribution is 2.25. The third-order valence-electron chi connectivity index (χ3n) is 6.13. The molecule has 2 aliphatic rings. The van der Waals surface area contributed by atoms with Crippen molar-refractivity contribution in [3.05, 3.63) is 35.9 Å².